The fraction of sp³-hybridized carbons (Fsp3) is 0.500. The molecule has 0 saturated heterocycles. The van der Waals surface area contributed by atoms with Gasteiger partial charge in [0, 0.05) is 6.54 Å². The highest BCUT2D eigenvalue weighted by atomic mass is 79.9. The molecule has 102 valence electrons. The zero-order valence-corrected chi connectivity index (χ0v) is 11.2. The molecule has 0 atom stereocenters. The quantitative estimate of drug-likeness (QED) is 0.889. The number of hydrogen-bond acceptors (Lipinski definition) is 4. The van der Waals surface area contributed by atoms with Gasteiger partial charge in [-0.2, -0.15) is 13.2 Å². The molecule has 1 rings (SSSR count). The largest absolute Gasteiger partial charge is 0.405 e. The van der Waals surface area contributed by atoms with Gasteiger partial charge < -0.3 is 15.7 Å². The van der Waals surface area contributed by atoms with Crippen LogP contribution in [0.3, 0.4) is 0 Å². The number of halogens is 4. The third-order valence-corrected chi connectivity index (χ3v) is 3.27. The summed E-state index contributed by atoms with van der Waals surface area (Å²) in [5.41, 5.74) is 6.61. The molecule has 0 fully saturated rings. The number of aliphatic hydroxyl groups excluding tert-OH is 1. The molecule has 3 N–H and O–H groups in total. The van der Waals surface area contributed by atoms with E-state index in [1.165, 1.54) is 6.20 Å². The third kappa shape index (κ3) is 3.74. The Labute approximate surface area is 111 Å². The number of aliphatic hydroxyl groups is 1. The predicted molar refractivity (Wildman–Crippen MR) is 66.4 cm³/mol. The molecule has 0 amide bonds. The van der Waals surface area contributed by atoms with Gasteiger partial charge in [0.15, 0.2) is 0 Å². The molecule has 0 unspecified atom stereocenters. The molecule has 0 bridgehead atoms. The maximum atomic E-state index is 12.4. The maximum Gasteiger partial charge on any atom is 0.405 e. The Morgan fingerprint density at radius 3 is 2.61 bits per heavy atom. The molecule has 1 aromatic heterocycles. The topological polar surface area (TPSA) is 62.4 Å². The zero-order chi connectivity index (χ0) is 13.9. The number of hydrogen-bond donors (Lipinski definition) is 2. The summed E-state index contributed by atoms with van der Waals surface area (Å²) in [5.74, 6) is 0.119. The SMILES string of the molecule is Cc1c(N)cnc(N(CCO)CC(F)(F)F)c1Br. The molecule has 0 aliphatic carbocycles. The number of nitrogens with two attached hydrogens (primary N) is 1. The van der Waals surface area contributed by atoms with Crippen molar-refractivity contribution in [1.29, 1.82) is 0 Å². The number of pyridine rings is 1. The summed E-state index contributed by atoms with van der Waals surface area (Å²) < 4.78 is 37.7. The average Bonchev–Trinajstić information content (AvgIpc) is 2.24. The smallest absolute Gasteiger partial charge is 0.397 e. The van der Waals surface area contributed by atoms with Gasteiger partial charge in [-0.1, -0.05) is 0 Å². The highest BCUT2D eigenvalue weighted by Gasteiger charge is 2.32. The second-order valence-electron chi connectivity index (χ2n) is 3.74. The van der Waals surface area contributed by atoms with Crippen LogP contribution < -0.4 is 10.6 Å². The van der Waals surface area contributed by atoms with Gasteiger partial charge in [0.2, 0.25) is 0 Å². The Bertz CT molecular complexity index is 426. The van der Waals surface area contributed by atoms with Crippen LogP contribution in [0.2, 0.25) is 0 Å². The van der Waals surface area contributed by atoms with Crippen molar-refractivity contribution in [2.45, 2.75) is 13.1 Å². The lowest BCUT2D eigenvalue weighted by Crippen LogP contribution is -2.37. The fourth-order valence-corrected chi connectivity index (χ4v) is 1.98. The van der Waals surface area contributed by atoms with Crippen molar-refractivity contribution in [2.24, 2.45) is 0 Å². The highest BCUT2D eigenvalue weighted by molar-refractivity contribution is 9.10. The van der Waals surface area contributed by atoms with E-state index < -0.39 is 19.3 Å². The number of rotatable bonds is 4. The lowest BCUT2D eigenvalue weighted by atomic mass is 10.2. The summed E-state index contributed by atoms with van der Waals surface area (Å²) in [6, 6.07) is 0. The van der Waals surface area contributed by atoms with Crippen LogP contribution in [-0.2, 0) is 0 Å². The highest BCUT2D eigenvalue weighted by Crippen LogP contribution is 2.31. The molecule has 8 heteroatoms. The summed E-state index contributed by atoms with van der Waals surface area (Å²) in [5, 5.41) is 8.83. The van der Waals surface area contributed by atoms with Crippen molar-refractivity contribution in [1.82, 2.24) is 4.98 Å². The summed E-state index contributed by atoms with van der Waals surface area (Å²) in [6.45, 7) is -0.0556. The van der Waals surface area contributed by atoms with E-state index in [2.05, 4.69) is 20.9 Å². The van der Waals surface area contributed by atoms with Crippen LogP contribution in [0.5, 0.6) is 0 Å². The number of anilines is 2. The van der Waals surface area contributed by atoms with E-state index in [0.29, 0.717) is 15.7 Å². The van der Waals surface area contributed by atoms with Crippen molar-refractivity contribution >= 4 is 27.4 Å². The molecule has 0 saturated carbocycles. The molecule has 0 spiro atoms. The van der Waals surface area contributed by atoms with E-state index in [9.17, 15) is 13.2 Å². The summed E-state index contributed by atoms with van der Waals surface area (Å²) >= 11 is 3.18. The second-order valence-corrected chi connectivity index (χ2v) is 4.53. The zero-order valence-electron chi connectivity index (χ0n) is 9.63. The Morgan fingerprint density at radius 2 is 2.11 bits per heavy atom. The molecule has 18 heavy (non-hydrogen) atoms. The first-order chi connectivity index (χ1) is 8.26. The van der Waals surface area contributed by atoms with Crippen LogP contribution in [0, 0.1) is 6.92 Å². The third-order valence-electron chi connectivity index (χ3n) is 2.32. The van der Waals surface area contributed by atoms with Gasteiger partial charge >= 0.3 is 6.18 Å². The van der Waals surface area contributed by atoms with E-state index >= 15 is 0 Å². The van der Waals surface area contributed by atoms with Crippen LogP contribution in [-0.4, -0.2) is 36.0 Å². The molecule has 4 nitrogen and oxygen atoms in total. The van der Waals surface area contributed by atoms with E-state index in [0.717, 1.165) is 4.90 Å². The molecule has 0 radical (unpaired) electrons. The van der Waals surface area contributed by atoms with Gasteiger partial charge in [-0.25, -0.2) is 4.98 Å². The number of nitrogen functional groups attached to an aromatic ring is 1. The van der Waals surface area contributed by atoms with Crippen molar-refractivity contribution < 1.29 is 18.3 Å². The van der Waals surface area contributed by atoms with Crippen LogP contribution in [0.25, 0.3) is 0 Å². The van der Waals surface area contributed by atoms with Crippen LogP contribution in [0.1, 0.15) is 5.56 Å². The van der Waals surface area contributed by atoms with Crippen LogP contribution >= 0.6 is 15.9 Å². The maximum absolute atomic E-state index is 12.4. The Hall–Kier alpha value is -1.02. The van der Waals surface area contributed by atoms with Gasteiger partial charge in [0.1, 0.15) is 12.4 Å². The Kier molecular flexibility index (Phi) is 4.80. The van der Waals surface area contributed by atoms with Gasteiger partial charge in [-0.3, -0.25) is 0 Å². The van der Waals surface area contributed by atoms with Gasteiger partial charge in [0.25, 0.3) is 0 Å². The van der Waals surface area contributed by atoms with Gasteiger partial charge in [-0.15, -0.1) is 0 Å². The monoisotopic (exact) mass is 327 g/mol. The van der Waals surface area contributed by atoms with E-state index in [-0.39, 0.29) is 12.4 Å². The van der Waals surface area contributed by atoms with Crippen molar-refractivity contribution in [2.75, 3.05) is 30.3 Å². The molecular weight excluding hydrogens is 315 g/mol. The Morgan fingerprint density at radius 1 is 1.50 bits per heavy atom. The van der Waals surface area contributed by atoms with Crippen LogP contribution in [0.15, 0.2) is 10.7 Å². The van der Waals surface area contributed by atoms with E-state index in [1.807, 2.05) is 0 Å². The normalized spacial score (nSPS) is 11.7. The Balaban J connectivity index is 3.10. The minimum atomic E-state index is -4.37. The van der Waals surface area contributed by atoms with Gasteiger partial charge in [-0.05, 0) is 28.4 Å². The van der Waals surface area contributed by atoms with E-state index in [4.69, 9.17) is 10.8 Å². The number of aromatic nitrogens is 1. The average molecular weight is 328 g/mol. The van der Waals surface area contributed by atoms with E-state index in [1.54, 1.807) is 6.92 Å². The second kappa shape index (κ2) is 5.75. The molecule has 0 aliphatic heterocycles. The molecule has 0 aromatic carbocycles. The predicted octanol–water partition coefficient (Wildman–Crippen LogP) is 2.10. The van der Waals surface area contributed by atoms with Crippen molar-refractivity contribution in [3.63, 3.8) is 0 Å². The summed E-state index contributed by atoms with van der Waals surface area (Å²) in [6.07, 6.45) is -3.07. The van der Waals surface area contributed by atoms with Crippen LogP contribution in [0.4, 0.5) is 24.7 Å². The minimum absolute atomic E-state index is 0.119. The first-order valence-electron chi connectivity index (χ1n) is 5.09. The van der Waals surface area contributed by atoms with Gasteiger partial charge in [0.05, 0.1) is 23.0 Å². The molecule has 1 heterocycles. The summed E-state index contributed by atoms with van der Waals surface area (Å²) in [4.78, 5) is 4.84. The first kappa shape index (κ1) is 15.0. The fourth-order valence-electron chi connectivity index (χ4n) is 1.40. The number of alkyl halides is 3. The lowest BCUT2D eigenvalue weighted by Gasteiger charge is -2.25. The summed E-state index contributed by atoms with van der Waals surface area (Å²) in [7, 11) is 0. The standard InChI is InChI=1S/C10H13BrF3N3O/c1-6-7(15)4-16-9(8(6)11)17(2-3-18)5-10(12,13)14/h4,18H,2-3,5,15H2,1H3. The molecular formula is C10H13BrF3N3O. The minimum Gasteiger partial charge on any atom is -0.397 e. The molecule has 1 aromatic rings. The first-order valence-corrected chi connectivity index (χ1v) is 5.88. The van der Waals surface area contributed by atoms with Crippen molar-refractivity contribution in [3.8, 4) is 0 Å². The molecule has 0 aliphatic rings. The van der Waals surface area contributed by atoms with Crippen molar-refractivity contribution in [3.05, 3.63) is 16.2 Å². The number of nitrogens with zero attached hydrogens (tertiary/aromatic N) is 2. The lowest BCUT2D eigenvalue weighted by molar-refractivity contribution is -0.120.